The van der Waals surface area contributed by atoms with Gasteiger partial charge in [0, 0.05) is 18.0 Å². The highest BCUT2D eigenvalue weighted by atomic mass is 32.1. The van der Waals surface area contributed by atoms with Crippen molar-refractivity contribution in [2.75, 3.05) is 13.1 Å². The summed E-state index contributed by atoms with van der Waals surface area (Å²) in [5, 5.41) is 6.63. The van der Waals surface area contributed by atoms with Gasteiger partial charge in [-0.1, -0.05) is 48.3 Å². The van der Waals surface area contributed by atoms with Crippen LogP contribution in [0.5, 0.6) is 0 Å². The molecule has 1 amide bonds. The number of carbonyl (C=O) groups excluding carboxylic acids is 1. The Balaban J connectivity index is 1.25. The second-order valence-corrected chi connectivity index (χ2v) is 8.56. The third kappa shape index (κ3) is 5.90. The van der Waals surface area contributed by atoms with Gasteiger partial charge in [-0.3, -0.25) is 4.90 Å². The number of benzene rings is 1. The van der Waals surface area contributed by atoms with Crippen LogP contribution in [0.4, 0.5) is 4.79 Å². The molecule has 1 fully saturated rings. The molecule has 0 unspecified atom stereocenters. The summed E-state index contributed by atoms with van der Waals surface area (Å²) in [6, 6.07) is 13.8. The zero-order valence-corrected chi connectivity index (χ0v) is 17.7. The third-order valence-electron chi connectivity index (χ3n) is 5.03. The Bertz CT molecular complexity index is 933. The van der Waals surface area contributed by atoms with Crippen LogP contribution in [-0.2, 0) is 24.4 Å². The van der Waals surface area contributed by atoms with Crippen molar-refractivity contribution in [2.24, 2.45) is 0 Å². The number of likely N-dealkylation sites (tertiary alicyclic amines) is 1. The number of alkyl carbamates (subject to hydrolysis) is 1. The molecule has 1 N–H and O–H groups in total. The highest BCUT2D eigenvalue weighted by Gasteiger charge is 2.15. The summed E-state index contributed by atoms with van der Waals surface area (Å²) in [4.78, 5) is 21.0. The maximum absolute atomic E-state index is 11.9. The molecule has 3 heterocycles. The van der Waals surface area contributed by atoms with Crippen molar-refractivity contribution in [1.29, 1.82) is 0 Å². The number of nitrogens with one attached hydrogen (secondary N) is 1. The highest BCUT2D eigenvalue weighted by molar-refractivity contribution is 7.15. The Labute approximate surface area is 180 Å². The van der Waals surface area contributed by atoms with Gasteiger partial charge in [-0.25, -0.2) is 4.79 Å². The first-order valence-corrected chi connectivity index (χ1v) is 11.2. The lowest BCUT2D eigenvalue weighted by Crippen LogP contribution is -2.23. The molecule has 0 saturated carbocycles. The molecule has 0 radical (unpaired) electrons. The SMILES string of the molecule is O=C(NCc1ccccc1)OCc1noc(-c2ccc(CN3CCCCCC3)s2)n1. The van der Waals surface area contributed by atoms with Crippen molar-refractivity contribution in [2.45, 2.75) is 45.4 Å². The highest BCUT2D eigenvalue weighted by Crippen LogP contribution is 2.28. The largest absolute Gasteiger partial charge is 0.441 e. The number of aromatic nitrogens is 2. The second kappa shape index (κ2) is 10.4. The molecule has 0 atom stereocenters. The first-order chi connectivity index (χ1) is 14.8. The second-order valence-electron chi connectivity index (χ2n) is 7.39. The van der Waals surface area contributed by atoms with Crippen LogP contribution in [0.1, 0.15) is 41.9 Å². The summed E-state index contributed by atoms with van der Waals surface area (Å²) in [5.74, 6) is 0.813. The normalized spacial score (nSPS) is 14.9. The van der Waals surface area contributed by atoms with Crippen molar-refractivity contribution in [3.63, 3.8) is 0 Å². The molecule has 158 valence electrons. The van der Waals surface area contributed by atoms with Gasteiger partial charge in [0.25, 0.3) is 5.89 Å². The fourth-order valence-corrected chi connectivity index (χ4v) is 4.43. The van der Waals surface area contributed by atoms with E-state index in [1.807, 2.05) is 36.4 Å². The van der Waals surface area contributed by atoms with E-state index in [9.17, 15) is 4.79 Å². The first-order valence-electron chi connectivity index (χ1n) is 10.3. The van der Waals surface area contributed by atoms with E-state index in [0.29, 0.717) is 18.3 Å². The lowest BCUT2D eigenvalue weighted by atomic mass is 10.2. The lowest BCUT2D eigenvalue weighted by Gasteiger charge is -2.18. The zero-order chi connectivity index (χ0) is 20.6. The van der Waals surface area contributed by atoms with E-state index in [1.165, 1.54) is 43.6 Å². The van der Waals surface area contributed by atoms with E-state index < -0.39 is 6.09 Å². The average molecular weight is 427 g/mol. The van der Waals surface area contributed by atoms with Crippen molar-refractivity contribution in [3.05, 3.63) is 58.7 Å². The molecule has 1 aliphatic rings. The van der Waals surface area contributed by atoms with Crippen molar-refractivity contribution in [3.8, 4) is 10.8 Å². The molecule has 30 heavy (non-hydrogen) atoms. The van der Waals surface area contributed by atoms with Crippen LogP contribution in [0.2, 0.25) is 0 Å². The van der Waals surface area contributed by atoms with Gasteiger partial charge in [-0.15, -0.1) is 11.3 Å². The monoisotopic (exact) mass is 426 g/mol. The predicted octanol–water partition coefficient (Wildman–Crippen LogP) is 4.60. The maximum Gasteiger partial charge on any atom is 0.407 e. The van der Waals surface area contributed by atoms with Crippen molar-refractivity contribution < 1.29 is 14.1 Å². The Hall–Kier alpha value is -2.71. The van der Waals surface area contributed by atoms with E-state index in [4.69, 9.17) is 9.26 Å². The van der Waals surface area contributed by atoms with Crippen LogP contribution in [0.15, 0.2) is 47.0 Å². The summed E-state index contributed by atoms with van der Waals surface area (Å²) in [6.07, 6.45) is 4.72. The molecular weight excluding hydrogens is 400 g/mol. The van der Waals surface area contributed by atoms with Gasteiger partial charge < -0.3 is 14.6 Å². The van der Waals surface area contributed by atoms with Gasteiger partial charge in [0.15, 0.2) is 6.61 Å². The zero-order valence-electron chi connectivity index (χ0n) is 16.9. The quantitative estimate of drug-likeness (QED) is 0.595. The molecule has 0 aliphatic carbocycles. The molecular formula is C22H26N4O3S. The van der Waals surface area contributed by atoms with Crippen LogP contribution >= 0.6 is 11.3 Å². The Morgan fingerprint density at radius 1 is 1.10 bits per heavy atom. The lowest BCUT2D eigenvalue weighted by molar-refractivity contribution is 0.135. The summed E-state index contributed by atoms with van der Waals surface area (Å²) >= 11 is 1.67. The number of carbonyl (C=O) groups is 1. The number of rotatable bonds is 7. The molecule has 1 aromatic carbocycles. The molecule has 2 aromatic heterocycles. The third-order valence-corrected chi connectivity index (χ3v) is 6.09. The summed E-state index contributed by atoms with van der Waals surface area (Å²) in [7, 11) is 0. The van der Waals surface area contributed by atoms with E-state index in [2.05, 4.69) is 26.4 Å². The number of amides is 1. The Morgan fingerprint density at radius 2 is 1.90 bits per heavy atom. The molecule has 7 nitrogen and oxygen atoms in total. The van der Waals surface area contributed by atoms with E-state index in [-0.39, 0.29) is 6.61 Å². The molecule has 8 heteroatoms. The molecule has 3 aromatic rings. The predicted molar refractivity (Wildman–Crippen MR) is 115 cm³/mol. The Kier molecular flexibility index (Phi) is 7.10. The number of hydrogen-bond acceptors (Lipinski definition) is 7. The Morgan fingerprint density at radius 3 is 2.70 bits per heavy atom. The molecule has 4 rings (SSSR count). The van der Waals surface area contributed by atoms with Crippen LogP contribution in [0.3, 0.4) is 0 Å². The van der Waals surface area contributed by atoms with Crippen LogP contribution in [-0.4, -0.2) is 34.2 Å². The standard InChI is InChI=1S/C22H26N4O3S/c27-22(23-14-17-8-4-3-5-9-17)28-16-20-24-21(29-25-20)19-11-10-18(30-19)15-26-12-6-1-2-7-13-26/h3-5,8-11H,1-2,6-7,12-16H2,(H,23,27). The number of thiophene rings is 1. The van der Waals surface area contributed by atoms with Gasteiger partial charge >= 0.3 is 6.09 Å². The van der Waals surface area contributed by atoms with Gasteiger partial charge in [0.1, 0.15) is 0 Å². The number of nitrogens with zero attached hydrogens (tertiary/aromatic N) is 3. The molecule has 0 bridgehead atoms. The van der Waals surface area contributed by atoms with E-state index in [1.54, 1.807) is 11.3 Å². The van der Waals surface area contributed by atoms with Gasteiger partial charge in [0.05, 0.1) is 4.88 Å². The average Bonchev–Trinajstić information content (AvgIpc) is 3.36. The molecule has 0 spiro atoms. The van der Waals surface area contributed by atoms with Crippen molar-refractivity contribution in [1.82, 2.24) is 20.4 Å². The van der Waals surface area contributed by atoms with E-state index in [0.717, 1.165) is 17.0 Å². The number of hydrogen-bond donors (Lipinski definition) is 1. The van der Waals surface area contributed by atoms with Gasteiger partial charge in [-0.2, -0.15) is 4.98 Å². The summed E-state index contributed by atoms with van der Waals surface area (Å²) in [5.41, 5.74) is 1.00. The fourth-order valence-electron chi connectivity index (χ4n) is 3.46. The van der Waals surface area contributed by atoms with Crippen LogP contribution in [0, 0.1) is 0 Å². The van der Waals surface area contributed by atoms with Gasteiger partial charge in [-0.05, 0) is 43.6 Å². The van der Waals surface area contributed by atoms with E-state index >= 15 is 0 Å². The minimum absolute atomic E-state index is 0.0316. The summed E-state index contributed by atoms with van der Waals surface area (Å²) in [6.45, 7) is 3.68. The van der Waals surface area contributed by atoms with Gasteiger partial charge in [0.2, 0.25) is 5.82 Å². The smallest absolute Gasteiger partial charge is 0.407 e. The number of ether oxygens (including phenoxy) is 1. The van der Waals surface area contributed by atoms with Crippen LogP contribution < -0.4 is 5.32 Å². The van der Waals surface area contributed by atoms with Crippen LogP contribution in [0.25, 0.3) is 10.8 Å². The molecule has 1 aliphatic heterocycles. The molecule has 1 saturated heterocycles. The topological polar surface area (TPSA) is 80.5 Å². The fraction of sp³-hybridized carbons (Fsp3) is 0.409. The minimum atomic E-state index is -0.513. The first kappa shape index (κ1) is 20.6. The minimum Gasteiger partial charge on any atom is -0.441 e. The summed E-state index contributed by atoms with van der Waals surface area (Å²) < 4.78 is 10.5. The maximum atomic E-state index is 11.9. The van der Waals surface area contributed by atoms with Crippen molar-refractivity contribution >= 4 is 17.4 Å².